The molecule has 0 aliphatic heterocycles. The number of hydrogen-bond donors (Lipinski definition) is 2. The molecule has 5 heteroatoms. The van der Waals surface area contributed by atoms with E-state index >= 15 is 0 Å². The Morgan fingerprint density at radius 3 is 2.62 bits per heavy atom. The number of benzene rings is 2. The van der Waals surface area contributed by atoms with Crippen LogP contribution in [-0.4, -0.2) is 27.2 Å². The van der Waals surface area contributed by atoms with Gasteiger partial charge in [0.2, 0.25) is 0 Å². The fourth-order valence-corrected chi connectivity index (χ4v) is 2.50. The van der Waals surface area contributed by atoms with Gasteiger partial charge in [-0.05, 0) is 30.2 Å². The van der Waals surface area contributed by atoms with Crippen LogP contribution in [0.4, 0.5) is 11.4 Å². The van der Waals surface area contributed by atoms with Gasteiger partial charge in [0.05, 0.1) is 13.2 Å². The molecule has 2 aromatic rings. The maximum absolute atomic E-state index is 6.06. The van der Waals surface area contributed by atoms with Crippen LogP contribution in [0.3, 0.4) is 0 Å². The molecular weight excluding hydrogens is 300 g/mol. The van der Waals surface area contributed by atoms with Crippen LogP contribution in [0.1, 0.15) is 16.7 Å². The van der Waals surface area contributed by atoms with Crippen LogP contribution >= 0.6 is 0 Å². The van der Waals surface area contributed by atoms with Gasteiger partial charge in [0.1, 0.15) is 0 Å². The zero-order valence-corrected chi connectivity index (χ0v) is 14.8. The average molecular weight is 326 g/mol. The Balaban J connectivity index is 2.13. The zero-order valence-electron chi connectivity index (χ0n) is 14.8. The van der Waals surface area contributed by atoms with Gasteiger partial charge in [-0.25, -0.2) is 4.99 Å². The lowest BCUT2D eigenvalue weighted by atomic mass is 10.1. The number of rotatable bonds is 6. The highest BCUT2D eigenvalue weighted by Gasteiger charge is 2.06. The predicted molar refractivity (Wildman–Crippen MR) is 102 cm³/mol. The van der Waals surface area contributed by atoms with E-state index in [0.29, 0.717) is 19.1 Å². The lowest BCUT2D eigenvalue weighted by molar-refractivity contribution is 0.185. The monoisotopic (exact) mass is 326 g/mol. The van der Waals surface area contributed by atoms with Gasteiger partial charge < -0.3 is 20.7 Å². The molecule has 2 aromatic carbocycles. The SMILES string of the molecule is COCc1ccccc1NC(N)=NCc1ccc(C)cc1N(C)C. The first kappa shape index (κ1) is 17.8. The molecule has 0 aromatic heterocycles. The number of methoxy groups -OCH3 is 1. The Kier molecular flexibility index (Phi) is 6.21. The van der Waals surface area contributed by atoms with E-state index in [1.54, 1.807) is 7.11 Å². The van der Waals surface area contributed by atoms with Crippen LogP contribution in [0, 0.1) is 6.92 Å². The van der Waals surface area contributed by atoms with Gasteiger partial charge in [-0.15, -0.1) is 0 Å². The maximum Gasteiger partial charge on any atom is 0.193 e. The third-order valence-electron chi connectivity index (χ3n) is 3.72. The first-order valence-corrected chi connectivity index (χ1v) is 7.92. The van der Waals surface area contributed by atoms with E-state index in [-0.39, 0.29) is 0 Å². The summed E-state index contributed by atoms with van der Waals surface area (Å²) in [5.41, 5.74) is 11.5. The van der Waals surface area contributed by atoms with E-state index in [0.717, 1.165) is 22.5 Å². The minimum Gasteiger partial charge on any atom is -0.380 e. The highest BCUT2D eigenvalue weighted by atomic mass is 16.5. The van der Waals surface area contributed by atoms with E-state index in [4.69, 9.17) is 10.5 Å². The van der Waals surface area contributed by atoms with Crippen molar-refractivity contribution in [3.8, 4) is 0 Å². The topological polar surface area (TPSA) is 62.9 Å². The molecule has 0 saturated heterocycles. The first-order chi connectivity index (χ1) is 11.5. The average Bonchev–Trinajstić information content (AvgIpc) is 2.55. The third kappa shape index (κ3) is 4.73. The van der Waals surface area contributed by atoms with Crippen molar-refractivity contribution in [3.05, 3.63) is 59.2 Å². The molecule has 0 aliphatic rings. The summed E-state index contributed by atoms with van der Waals surface area (Å²) in [7, 11) is 5.74. The normalized spacial score (nSPS) is 11.4. The minimum absolute atomic E-state index is 0.392. The maximum atomic E-state index is 6.06. The molecule has 0 amide bonds. The van der Waals surface area contributed by atoms with Crippen LogP contribution in [0.5, 0.6) is 0 Å². The van der Waals surface area contributed by atoms with E-state index < -0.39 is 0 Å². The number of para-hydroxylation sites is 1. The fraction of sp³-hybridized carbons (Fsp3) is 0.316. The van der Waals surface area contributed by atoms with E-state index in [1.165, 1.54) is 5.56 Å². The molecule has 0 aliphatic carbocycles. The second-order valence-electron chi connectivity index (χ2n) is 5.94. The Morgan fingerprint density at radius 2 is 1.92 bits per heavy atom. The van der Waals surface area contributed by atoms with Crippen molar-refractivity contribution in [2.45, 2.75) is 20.1 Å². The molecule has 0 saturated carbocycles. The van der Waals surface area contributed by atoms with E-state index in [9.17, 15) is 0 Å². The van der Waals surface area contributed by atoms with E-state index in [2.05, 4.69) is 40.3 Å². The summed E-state index contributed by atoms with van der Waals surface area (Å²) < 4.78 is 5.21. The number of aryl methyl sites for hydroxylation is 1. The molecule has 24 heavy (non-hydrogen) atoms. The molecule has 0 spiro atoms. The van der Waals surface area contributed by atoms with Crippen LogP contribution in [-0.2, 0) is 17.9 Å². The largest absolute Gasteiger partial charge is 0.380 e. The lowest BCUT2D eigenvalue weighted by Crippen LogP contribution is -2.23. The Labute approximate surface area is 144 Å². The quantitative estimate of drug-likeness (QED) is 0.632. The number of hydrogen-bond acceptors (Lipinski definition) is 3. The smallest absolute Gasteiger partial charge is 0.193 e. The van der Waals surface area contributed by atoms with Crippen molar-refractivity contribution >= 4 is 17.3 Å². The number of aliphatic imine (C=N–C) groups is 1. The number of anilines is 2. The van der Waals surface area contributed by atoms with E-state index in [1.807, 2.05) is 38.4 Å². The van der Waals surface area contributed by atoms with Gasteiger partial charge in [0.25, 0.3) is 0 Å². The number of nitrogens with zero attached hydrogens (tertiary/aromatic N) is 2. The Morgan fingerprint density at radius 1 is 1.17 bits per heavy atom. The van der Waals surface area contributed by atoms with Crippen LogP contribution < -0.4 is 16.0 Å². The molecule has 5 nitrogen and oxygen atoms in total. The highest BCUT2D eigenvalue weighted by molar-refractivity contribution is 5.93. The molecule has 0 heterocycles. The van der Waals surface area contributed by atoms with Gasteiger partial charge in [-0.2, -0.15) is 0 Å². The molecule has 128 valence electrons. The number of ether oxygens (including phenoxy) is 1. The number of guanidine groups is 1. The fourth-order valence-electron chi connectivity index (χ4n) is 2.50. The van der Waals surface area contributed by atoms with Crippen LogP contribution in [0.15, 0.2) is 47.5 Å². The molecule has 0 unspecified atom stereocenters. The zero-order chi connectivity index (χ0) is 17.5. The predicted octanol–water partition coefficient (Wildman–Crippen LogP) is 3.13. The standard InChI is InChI=1S/C19H26N4O/c1-14-9-10-15(18(11-14)23(2)3)12-21-19(20)22-17-8-6-5-7-16(17)13-24-4/h5-11H,12-13H2,1-4H3,(H3,20,21,22). The Hall–Kier alpha value is -2.53. The summed E-state index contributed by atoms with van der Waals surface area (Å²) in [6, 6.07) is 14.2. The summed E-state index contributed by atoms with van der Waals surface area (Å²) in [6.07, 6.45) is 0. The van der Waals surface area contributed by atoms with Gasteiger partial charge in [0.15, 0.2) is 5.96 Å². The van der Waals surface area contributed by atoms with Gasteiger partial charge in [-0.3, -0.25) is 0 Å². The molecule has 0 atom stereocenters. The van der Waals surface area contributed by atoms with Gasteiger partial charge in [-0.1, -0.05) is 30.3 Å². The second-order valence-corrected chi connectivity index (χ2v) is 5.94. The summed E-state index contributed by atoms with van der Waals surface area (Å²) in [4.78, 5) is 6.57. The van der Waals surface area contributed by atoms with Crippen LogP contribution in [0.2, 0.25) is 0 Å². The summed E-state index contributed by atoms with van der Waals surface area (Å²) in [5, 5.41) is 3.16. The van der Waals surface area contributed by atoms with Crippen molar-refractivity contribution < 1.29 is 4.74 Å². The molecular formula is C19H26N4O. The van der Waals surface area contributed by atoms with Crippen molar-refractivity contribution in [2.75, 3.05) is 31.4 Å². The summed E-state index contributed by atoms with van der Waals surface area (Å²) >= 11 is 0. The molecule has 0 fully saturated rings. The van der Waals surface area contributed by atoms with Crippen molar-refractivity contribution in [1.82, 2.24) is 0 Å². The van der Waals surface area contributed by atoms with Crippen molar-refractivity contribution in [3.63, 3.8) is 0 Å². The Bertz CT molecular complexity index is 710. The third-order valence-corrected chi connectivity index (χ3v) is 3.72. The lowest BCUT2D eigenvalue weighted by Gasteiger charge is -2.17. The molecule has 2 rings (SSSR count). The molecule has 0 radical (unpaired) electrons. The van der Waals surface area contributed by atoms with Crippen molar-refractivity contribution in [1.29, 1.82) is 0 Å². The first-order valence-electron chi connectivity index (χ1n) is 7.92. The van der Waals surface area contributed by atoms with Crippen molar-refractivity contribution in [2.24, 2.45) is 10.7 Å². The number of nitrogens with one attached hydrogen (secondary N) is 1. The van der Waals surface area contributed by atoms with Crippen LogP contribution in [0.25, 0.3) is 0 Å². The summed E-state index contributed by atoms with van der Waals surface area (Å²) in [5.74, 6) is 0.392. The second kappa shape index (κ2) is 8.36. The highest BCUT2D eigenvalue weighted by Crippen LogP contribution is 2.21. The molecule has 0 bridgehead atoms. The molecule has 3 N–H and O–H groups in total. The number of nitrogens with two attached hydrogens (primary N) is 1. The minimum atomic E-state index is 0.392. The summed E-state index contributed by atoms with van der Waals surface area (Å²) in [6.45, 7) is 3.14. The van der Waals surface area contributed by atoms with Gasteiger partial charge in [0, 0.05) is 38.1 Å². The van der Waals surface area contributed by atoms with Gasteiger partial charge >= 0.3 is 0 Å².